The van der Waals surface area contributed by atoms with Crippen molar-refractivity contribution in [2.45, 2.75) is 26.9 Å². The van der Waals surface area contributed by atoms with Crippen LogP contribution in [0.25, 0.3) is 0 Å². The molecule has 2 atom stereocenters. The maximum absolute atomic E-state index is 10.3. The van der Waals surface area contributed by atoms with E-state index in [1.165, 1.54) is 6.92 Å². The average Bonchev–Trinajstić information content (AvgIpc) is 1.87. The molecular weight excluding hydrogens is 144 g/mol. The second-order valence-corrected chi connectivity index (χ2v) is 2.75. The second-order valence-electron chi connectivity index (χ2n) is 2.75. The second kappa shape index (κ2) is 4.13. The predicted octanol–water partition coefficient (Wildman–Crippen LogP) is 1.03. The van der Waals surface area contributed by atoms with Crippen LogP contribution in [0.4, 0.5) is 0 Å². The summed E-state index contributed by atoms with van der Waals surface area (Å²) in [7, 11) is 0. The fraction of sp³-hybridized carbons (Fsp3) is 0.625. The molecule has 3 heteroatoms. The molecule has 0 aliphatic heterocycles. The zero-order valence-electron chi connectivity index (χ0n) is 7.03. The molecule has 11 heavy (non-hydrogen) atoms. The third kappa shape index (κ3) is 3.78. The Balaban J connectivity index is 4.19. The first kappa shape index (κ1) is 10.2. The summed E-state index contributed by atoms with van der Waals surface area (Å²) < 4.78 is 0. The number of rotatable bonds is 3. The number of carbonyl (C=O) groups is 1. The minimum Gasteiger partial charge on any atom is -0.478 e. The summed E-state index contributed by atoms with van der Waals surface area (Å²) >= 11 is 0. The molecule has 0 rings (SSSR count). The van der Waals surface area contributed by atoms with Crippen molar-refractivity contribution < 1.29 is 15.0 Å². The number of carboxylic acid groups (broad SMARTS) is 1. The Morgan fingerprint density at radius 3 is 2.18 bits per heavy atom. The average molecular weight is 158 g/mol. The van der Waals surface area contributed by atoms with E-state index in [-0.39, 0.29) is 11.5 Å². The smallest absolute Gasteiger partial charge is 0.330 e. The Kier molecular flexibility index (Phi) is 3.82. The van der Waals surface area contributed by atoms with E-state index < -0.39 is 12.1 Å². The van der Waals surface area contributed by atoms with E-state index in [4.69, 9.17) is 10.2 Å². The van der Waals surface area contributed by atoms with Crippen molar-refractivity contribution in [3.05, 3.63) is 11.6 Å². The third-order valence-corrected chi connectivity index (χ3v) is 1.61. The van der Waals surface area contributed by atoms with Gasteiger partial charge in [-0.05, 0) is 13.8 Å². The molecule has 0 unspecified atom stereocenters. The minimum atomic E-state index is -0.933. The highest BCUT2D eigenvalue weighted by Gasteiger charge is 2.07. The Labute approximate surface area is 66.4 Å². The van der Waals surface area contributed by atoms with Gasteiger partial charge in [0, 0.05) is 11.5 Å². The number of hydrogen-bond donors (Lipinski definition) is 2. The highest BCUT2D eigenvalue weighted by Crippen LogP contribution is 2.07. The summed E-state index contributed by atoms with van der Waals surface area (Å²) in [6.45, 7) is 4.93. The lowest BCUT2D eigenvalue weighted by Crippen LogP contribution is -2.12. The van der Waals surface area contributed by atoms with Crippen LogP contribution < -0.4 is 0 Å². The zero-order valence-corrected chi connectivity index (χ0v) is 7.03. The van der Waals surface area contributed by atoms with Gasteiger partial charge in [0.1, 0.15) is 0 Å². The van der Waals surface area contributed by atoms with Gasteiger partial charge in [-0.2, -0.15) is 0 Å². The zero-order chi connectivity index (χ0) is 9.02. The van der Waals surface area contributed by atoms with Crippen LogP contribution in [0.2, 0.25) is 0 Å². The van der Waals surface area contributed by atoms with Crippen LogP contribution in [0, 0.1) is 5.92 Å². The first-order chi connectivity index (χ1) is 4.95. The van der Waals surface area contributed by atoms with E-state index in [2.05, 4.69) is 0 Å². The number of carboxylic acids is 1. The van der Waals surface area contributed by atoms with Gasteiger partial charge in [-0.3, -0.25) is 0 Å². The molecule has 0 aromatic carbocycles. The molecule has 3 nitrogen and oxygen atoms in total. The van der Waals surface area contributed by atoms with E-state index in [1.807, 2.05) is 0 Å². The maximum atomic E-state index is 10.3. The van der Waals surface area contributed by atoms with Crippen molar-refractivity contribution in [1.29, 1.82) is 0 Å². The van der Waals surface area contributed by atoms with Crippen LogP contribution >= 0.6 is 0 Å². The molecule has 0 amide bonds. The van der Waals surface area contributed by atoms with Crippen LogP contribution in [-0.2, 0) is 4.79 Å². The predicted molar refractivity (Wildman–Crippen MR) is 42.2 cm³/mol. The van der Waals surface area contributed by atoms with Crippen LogP contribution in [0.3, 0.4) is 0 Å². The Morgan fingerprint density at radius 1 is 1.45 bits per heavy atom. The summed E-state index contributed by atoms with van der Waals surface area (Å²) in [6, 6.07) is 0. The summed E-state index contributed by atoms with van der Waals surface area (Å²) in [4.78, 5) is 10.3. The third-order valence-electron chi connectivity index (χ3n) is 1.61. The lowest BCUT2D eigenvalue weighted by molar-refractivity contribution is -0.132. The molecule has 0 saturated carbocycles. The first-order valence-electron chi connectivity index (χ1n) is 3.55. The SMILES string of the molecule is C/C(=C\[C@@H](C)[C@@H](C)O)C(=O)O. The first-order valence-corrected chi connectivity index (χ1v) is 3.55. The van der Waals surface area contributed by atoms with E-state index in [0.717, 1.165) is 0 Å². The number of hydrogen-bond acceptors (Lipinski definition) is 2. The monoisotopic (exact) mass is 158 g/mol. The highest BCUT2D eigenvalue weighted by molar-refractivity contribution is 5.85. The topological polar surface area (TPSA) is 57.5 Å². The molecule has 2 N–H and O–H groups in total. The minimum absolute atomic E-state index is 0.105. The number of aliphatic carboxylic acids is 1. The fourth-order valence-electron chi connectivity index (χ4n) is 0.605. The normalized spacial score (nSPS) is 17.6. The lowest BCUT2D eigenvalue weighted by atomic mass is 10.0. The highest BCUT2D eigenvalue weighted by atomic mass is 16.4. The van der Waals surface area contributed by atoms with Gasteiger partial charge in [0.25, 0.3) is 0 Å². The van der Waals surface area contributed by atoms with Crippen LogP contribution in [-0.4, -0.2) is 22.3 Å². The standard InChI is InChI=1S/C8H14O3/c1-5(7(3)9)4-6(2)8(10)11/h4-5,7,9H,1-3H3,(H,10,11)/b6-4+/t5-,7-/m1/s1. The molecule has 0 bridgehead atoms. The molecule has 0 aliphatic rings. The summed E-state index contributed by atoms with van der Waals surface area (Å²) in [5, 5.41) is 17.5. The molecule has 0 radical (unpaired) electrons. The van der Waals surface area contributed by atoms with Gasteiger partial charge in [0.15, 0.2) is 0 Å². The molecule has 0 aromatic heterocycles. The van der Waals surface area contributed by atoms with Gasteiger partial charge < -0.3 is 10.2 Å². The van der Waals surface area contributed by atoms with Gasteiger partial charge in [0.05, 0.1) is 6.10 Å². The van der Waals surface area contributed by atoms with E-state index in [1.54, 1.807) is 19.9 Å². The Hall–Kier alpha value is -0.830. The molecule has 0 spiro atoms. The summed E-state index contributed by atoms with van der Waals surface area (Å²) in [5.74, 6) is -1.04. The van der Waals surface area contributed by atoms with Crippen LogP contribution in [0.5, 0.6) is 0 Å². The molecular formula is C8H14O3. The Bertz CT molecular complexity index is 170. The van der Waals surface area contributed by atoms with Crippen molar-refractivity contribution in [3.63, 3.8) is 0 Å². The molecule has 0 fully saturated rings. The van der Waals surface area contributed by atoms with Crippen molar-refractivity contribution in [1.82, 2.24) is 0 Å². The van der Waals surface area contributed by atoms with E-state index in [9.17, 15) is 4.79 Å². The van der Waals surface area contributed by atoms with E-state index in [0.29, 0.717) is 0 Å². The maximum Gasteiger partial charge on any atom is 0.330 e. The summed E-state index contributed by atoms with van der Waals surface area (Å²) in [6.07, 6.45) is 1.05. The summed E-state index contributed by atoms with van der Waals surface area (Å²) in [5.41, 5.74) is 0.276. The molecule has 64 valence electrons. The fourth-order valence-corrected chi connectivity index (χ4v) is 0.605. The van der Waals surface area contributed by atoms with Crippen LogP contribution in [0.15, 0.2) is 11.6 Å². The van der Waals surface area contributed by atoms with Gasteiger partial charge in [0.2, 0.25) is 0 Å². The molecule has 0 aliphatic carbocycles. The number of aliphatic hydroxyl groups excluding tert-OH is 1. The van der Waals surface area contributed by atoms with Crippen molar-refractivity contribution in [2.24, 2.45) is 5.92 Å². The molecule has 0 aromatic rings. The molecule has 0 saturated heterocycles. The number of aliphatic hydroxyl groups is 1. The van der Waals surface area contributed by atoms with Crippen LogP contribution in [0.1, 0.15) is 20.8 Å². The van der Waals surface area contributed by atoms with Gasteiger partial charge in [-0.15, -0.1) is 0 Å². The van der Waals surface area contributed by atoms with Gasteiger partial charge in [-0.25, -0.2) is 4.79 Å². The van der Waals surface area contributed by atoms with E-state index >= 15 is 0 Å². The van der Waals surface area contributed by atoms with Gasteiger partial charge >= 0.3 is 5.97 Å². The Morgan fingerprint density at radius 2 is 1.91 bits per heavy atom. The van der Waals surface area contributed by atoms with Crippen molar-refractivity contribution in [3.8, 4) is 0 Å². The van der Waals surface area contributed by atoms with Gasteiger partial charge in [-0.1, -0.05) is 13.0 Å². The quantitative estimate of drug-likeness (QED) is 0.603. The lowest BCUT2D eigenvalue weighted by Gasteiger charge is -2.09. The van der Waals surface area contributed by atoms with Crippen molar-refractivity contribution >= 4 is 5.97 Å². The van der Waals surface area contributed by atoms with Crippen molar-refractivity contribution in [2.75, 3.05) is 0 Å². The largest absolute Gasteiger partial charge is 0.478 e. The molecule has 0 heterocycles.